The summed E-state index contributed by atoms with van der Waals surface area (Å²) in [5.74, 6) is 1.35. The SMILES string of the molecule is CCNc1nc(/C=C(\O)c2ccno2)nc2ccccc12. The molecule has 106 valence electrons. The van der Waals surface area contributed by atoms with Gasteiger partial charge < -0.3 is 14.9 Å². The largest absolute Gasteiger partial charge is 0.504 e. The van der Waals surface area contributed by atoms with Gasteiger partial charge in [0.2, 0.25) is 5.76 Å². The second-order valence-electron chi connectivity index (χ2n) is 4.38. The summed E-state index contributed by atoms with van der Waals surface area (Å²) in [6.07, 6.45) is 2.92. The second kappa shape index (κ2) is 5.62. The molecule has 0 aliphatic carbocycles. The molecule has 21 heavy (non-hydrogen) atoms. The molecule has 0 saturated carbocycles. The zero-order valence-corrected chi connectivity index (χ0v) is 11.4. The molecule has 0 spiro atoms. The summed E-state index contributed by atoms with van der Waals surface area (Å²) >= 11 is 0. The number of aliphatic hydroxyl groups excluding tert-OH is 1. The molecule has 0 saturated heterocycles. The van der Waals surface area contributed by atoms with Crippen molar-refractivity contribution in [2.24, 2.45) is 0 Å². The normalized spacial score (nSPS) is 11.8. The number of benzene rings is 1. The topological polar surface area (TPSA) is 84.1 Å². The average Bonchev–Trinajstić information content (AvgIpc) is 3.02. The highest BCUT2D eigenvalue weighted by molar-refractivity contribution is 5.90. The first-order valence-corrected chi connectivity index (χ1v) is 6.60. The van der Waals surface area contributed by atoms with E-state index in [0.717, 1.165) is 23.3 Å². The number of hydrogen-bond acceptors (Lipinski definition) is 6. The smallest absolute Gasteiger partial charge is 0.201 e. The van der Waals surface area contributed by atoms with Crippen LogP contribution in [-0.2, 0) is 0 Å². The van der Waals surface area contributed by atoms with Gasteiger partial charge in [0.1, 0.15) is 5.82 Å². The monoisotopic (exact) mass is 282 g/mol. The summed E-state index contributed by atoms with van der Waals surface area (Å²) in [5.41, 5.74) is 0.806. The third-order valence-corrected chi connectivity index (χ3v) is 2.92. The average molecular weight is 282 g/mol. The van der Waals surface area contributed by atoms with Gasteiger partial charge in [-0.3, -0.25) is 0 Å². The molecule has 0 aliphatic rings. The van der Waals surface area contributed by atoms with Gasteiger partial charge in [0.25, 0.3) is 0 Å². The van der Waals surface area contributed by atoms with Crippen molar-refractivity contribution in [3.05, 3.63) is 48.1 Å². The van der Waals surface area contributed by atoms with Crippen LogP contribution in [0.4, 0.5) is 5.82 Å². The summed E-state index contributed by atoms with van der Waals surface area (Å²) in [6.45, 7) is 2.75. The maximum absolute atomic E-state index is 9.98. The zero-order chi connectivity index (χ0) is 14.7. The number of rotatable bonds is 4. The molecule has 0 fully saturated rings. The van der Waals surface area contributed by atoms with Crippen LogP contribution < -0.4 is 5.32 Å². The van der Waals surface area contributed by atoms with Crippen molar-refractivity contribution in [2.45, 2.75) is 6.92 Å². The lowest BCUT2D eigenvalue weighted by Crippen LogP contribution is -2.03. The standard InChI is InChI=1S/C15H14N4O2/c1-2-16-15-10-5-3-4-6-11(10)18-14(19-15)9-12(20)13-7-8-17-21-13/h3-9,20H,2H2,1H3,(H,16,18,19)/b12-9-. The number of nitrogens with one attached hydrogen (secondary N) is 1. The Morgan fingerprint density at radius 1 is 1.29 bits per heavy atom. The number of para-hydroxylation sites is 1. The lowest BCUT2D eigenvalue weighted by atomic mass is 10.2. The first-order valence-electron chi connectivity index (χ1n) is 6.60. The van der Waals surface area contributed by atoms with Gasteiger partial charge in [-0.15, -0.1) is 0 Å². The summed E-state index contributed by atoms with van der Waals surface area (Å²) in [5, 5.41) is 17.7. The molecule has 6 nitrogen and oxygen atoms in total. The first kappa shape index (κ1) is 13.1. The molecule has 2 heterocycles. The molecule has 0 amide bonds. The first-order chi connectivity index (χ1) is 10.3. The van der Waals surface area contributed by atoms with Crippen molar-refractivity contribution in [1.29, 1.82) is 0 Å². The minimum atomic E-state index is -0.0646. The van der Waals surface area contributed by atoms with Gasteiger partial charge in [-0.25, -0.2) is 9.97 Å². The van der Waals surface area contributed by atoms with E-state index in [1.165, 1.54) is 12.3 Å². The van der Waals surface area contributed by atoms with E-state index in [-0.39, 0.29) is 11.5 Å². The molecular formula is C15H14N4O2. The predicted molar refractivity (Wildman–Crippen MR) is 80.7 cm³/mol. The van der Waals surface area contributed by atoms with Crippen molar-refractivity contribution < 1.29 is 9.63 Å². The Morgan fingerprint density at radius 2 is 2.14 bits per heavy atom. The van der Waals surface area contributed by atoms with Crippen LogP contribution in [-0.4, -0.2) is 26.8 Å². The van der Waals surface area contributed by atoms with E-state index >= 15 is 0 Å². The van der Waals surface area contributed by atoms with Crippen molar-refractivity contribution in [3.8, 4) is 0 Å². The van der Waals surface area contributed by atoms with E-state index in [1.54, 1.807) is 6.07 Å². The van der Waals surface area contributed by atoms with Crippen molar-refractivity contribution in [2.75, 3.05) is 11.9 Å². The fraction of sp³-hybridized carbons (Fsp3) is 0.133. The molecule has 0 radical (unpaired) electrons. The maximum Gasteiger partial charge on any atom is 0.201 e. The van der Waals surface area contributed by atoms with Crippen LogP contribution in [0.1, 0.15) is 18.5 Å². The molecular weight excluding hydrogens is 268 g/mol. The highest BCUT2D eigenvalue weighted by atomic mass is 16.5. The van der Waals surface area contributed by atoms with Gasteiger partial charge in [0.05, 0.1) is 11.7 Å². The van der Waals surface area contributed by atoms with Crippen LogP contribution in [0, 0.1) is 0 Å². The molecule has 0 bridgehead atoms. The van der Waals surface area contributed by atoms with Crippen LogP contribution >= 0.6 is 0 Å². The summed E-state index contributed by atoms with van der Waals surface area (Å²) in [7, 11) is 0. The number of nitrogens with zero attached hydrogens (tertiary/aromatic N) is 3. The number of aromatic nitrogens is 3. The Labute approximate surface area is 121 Å². The number of aliphatic hydroxyl groups is 1. The Hall–Kier alpha value is -2.89. The summed E-state index contributed by atoms with van der Waals surface area (Å²) < 4.78 is 4.89. The Kier molecular flexibility index (Phi) is 3.51. The van der Waals surface area contributed by atoms with Gasteiger partial charge >= 0.3 is 0 Å². The third-order valence-electron chi connectivity index (χ3n) is 2.92. The second-order valence-corrected chi connectivity index (χ2v) is 4.38. The highest BCUT2D eigenvalue weighted by Gasteiger charge is 2.08. The van der Waals surface area contributed by atoms with Gasteiger partial charge in [-0.2, -0.15) is 0 Å². The highest BCUT2D eigenvalue weighted by Crippen LogP contribution is 2.21. The van der Waals surface area contributed by atoms with Gasteiger partial charge in [-0.05, 0) is 19.1 Å². The van der Waals surface area contributed by atoms with E-state index < -0.39 is 0 Å². The molecule has 1 aromatic carbocycles. The molecule has 2 aromatic heterocycles. The maximum atomic E-state index is 9.98. The van der Waals surface area contributed by atoms with Crippen molar-refractivity contribution in [1.82, 2.24) is 15.1 Å². The Balaban J connectivity index is 2.09. The van der Waals surface area contributed by atoms with Crippen LogP contribution in [0.15, 0.2) is 41.1 Å². The number of hydrogen-bond donors (Lipinski definition) is 2. The van der Waals surface area contributed by atoms with Crippen molar-refractivity contribution in [3.63, 3.8) is 0 Å². The third kappa shape index (κ3) is 2.69. The summed E-state index contributed by atoms with van der Waals surface area (Å²) in [6, 6.07) is 9.28. The molecule has 2 N–H and O–H groups in total. The number of fused-ring (bicyclic) bond motifs is 1. The summed E-state index contributed by atoms with van der Waals surface area (Å²) in [4.78, 5) is 8.84. The molecule has 3 aromatic rings. The van der Waals surface area contributed by atoms with Crippen LogP contribution in [0.3, 0.4) is 0 Å². The fourth-order valence-corrected chi connectivity index (χ4v) is 2.00. The van der Waals surface area contributed by atoms with E-state index in [9.17, 15) is 5.11 Å². The van der Waals surface area contributed by atoms with E-state index in [2.05, 4.69) is 20.4 Å². The van der Waals surface area contributed by atoms with Crippen LogP contribution in [0.2, 0.25) is 0 Å². The van der Waals surface area contributed by atoms with Crippen LogP contribution in [0.5, 0.6) is 0 Å². The molecule has 6 heteroatoms. The van der Waals surface area contributed by atoms with Gasteiger partial charge in [-0.1, -0.05) is 17.3 Å². The molecule has 0 unspecified atom stereocenters. The number of anilines is 1. The van der Waals surface area contributed by atoms with E-state index in [1.807, 2.05) is 31.2 Å². The quantitative estimate of drug-likeness (QED) is 0.715. The van der Waals surface area contributed by atoms with Crippen molar-refractivity contribution >= 4 is 28.6 Å². The van der Waals surface area contributed by atoms with Gasteiger partial charge in [0.15, 0.2) is 11.6 Å². The Bertz CT molecular complexity index is 781. The Morgan fingerprint density at radius 3 is 2.90 bits per heavy atom. The van der Waals surface area contributed by atoms with Crippen LogP contribution in [0.25, 0.3) is 22.7 Å². The van der Waals surface area contributed by atoms with E-state index in [0.29, 0.717) is 5.82 Å². The lowest BCUT2D eigenvalue weighted by molar-refractivity contribution is 0.382. The lowest BCUT2D eigenvalue weighted by Gasteiger charge is -2.07. The minimum absolute atomic E-state index is 0.0646. The zero-order valence-electron chi connectivity index (χ0n) is 11.4. The fourth-order valence-electron chi connectivity index (χ4n) is 2.00. The predicted octanol–water partition coefficient (Wildman–Crippen LogP) is 3.11. The van der Waals surface area contributed by atoms with Gasteiger partial charge in [0, 0.05) is 24.1 Å². The molecule has 0 atom stereocenters. The molecule has 0 aliphatic heterocycles. The molecule has 3 rings (SSSR count). The van der Waals surface area contributed by atoms with E-state index in [4.69, 9.17) is 4.52 Å². The minimum Gasteiger partial charge on any atom is -0.504 e.